The lowest BCUT2D eigenvalue weighted by Crippen LogP contribution is -2.61. The highest BCUT2D eigenvalue weighted by Gasteiger charge is 2.47. The van der Waals surface area contributed by atoms with Crippen LogP contribution in [0.25, 0.3) is 0 Å². The largest absolute Gasteiger partial charge is 0.481 e. The van der Waals surface area contributed by atoms with Crippen LogP contribution in [0.1, 0.15) is 72.2 Å². The summed E-state index contributed by atoms with van der Waals surface area (Å²) < 4.78 is 88.0. The summed E-state index contributed by atoms with van der Waals surface area (Å²) in [6.45, 7) is 2.35. The van der Waals surface area contributed by atoms with Crippen molar-refractivity contribution in [2.45, 2.75) is 63.0 Å². The number of methoxy groups -OCH3 is 1. The normalized spacial score (nSPS) is 20.4. The van der Waals surface area contributed by atoms with Gasteiger partial charge in [0.2, 0.25) is 5.88 Å². The molecule has 1 fully saturated rings. The third kappa shape index (κ3) is 6.84. The fourth-order valence-corrected chi connectivity index (χ4v) is 6.47. The molecule has 48 heavy (non-hydrogen) atoms. The number of fused-ring (bicyclic) bond motifs is 1. The quantitative estimate of drug-likeness (QED) is 0.238. The Morgan fingerprint density at radius 3 is 2.15 bits per heavy atom. The van der Waals surface area contributed by atoms with Gasteiger partial charge < -0.3 is 25.6 Å². The van der Waals surface area contributed by atoms with Gasteiger partial charge in [-0.2, -0.15) is 26.3 Å². The van der Waals surface area contributed by atoms with Crippen molar-refractivity contribution in [1.82, 2.24) is 9.97 Å². The number of piperidine rings is 1. The molecule has 0 radical (unpaired) electrons. The minimum atomic E-state index is -5.06. The second kappa shape index (κ2) is 12.8. The Bertz CT molecular complexity index is 1680. The van der Waals surface area contributed by atoms with Crippen molar-refractivity contribution in [3.05, 3.63) is 76.2 Å². The first-order valence-electron chi connectivity index (χ1n) is 15.1. The molecule has 1 amide bonds. The Morgan fingerprint density at radius 1 is 1.00 bits per heavy atom. The number of nitrogens with zero attached hydrogens (tertiary/aromatic N) is 4. The predicted molar refractivity (Wildman–Crippen MR) is 161 cm³/mol. The van der Waals surface area contributed by atoms with Crippen molar-refractivity contribution in [2.75, 3.05) is 30.0 Å². The number of nitrogens with two attached hydrogens (primary N) is 1. The molecule has 5 rings (SSSR count). The van der Waals surface area contributed by atoms with E-state index in [0.29, 0.717) is 43.8 Å². The molecule has 1 aromatic carbocycles. The molecule has 4 N–H and O–H groups in total. The number of pyridine rings is 2. The predicted octanol–water partition coefficient (Wildman–Crippen LogP) is 6.50. The number of ether oxygens (including phenoxy) is 1. The maximum Gasteiger partial charge on any atom is 0.416 e. The highest BCUT2D eigenvalue weighted by molar-refractivity contribution is 5.89. The summed E-state index contributed by atoms with van der Waals surface area (Å²) >= 11 is 0. The number of anilines is 2. The number of hydrogen-bond acceptors (Lipinski definition) is 7. The number of halogens is 6. The van der Waals surface area contributed by atoms with Gasteiger partial charge in [-0.3, -0.25) is 14.7 Å². The highest BCUT2D eigenvalue weighted by Crippen LogP contribution is 2.47. The number of carboxylic acids is 1. The molecule has 0 spiro atoms. The third-order valence-corrected chi connectivity index (χ3v) is 9.03. The van der Waals surface area contributed by atoms with E-state index in [4.69, 9.17) is 10.5 Å². The Hall–Kier alpha value is -4.60. The number of amides is 1. The summed E-state index contributed by atoms with van der Waals surface area (Å²) in [5.41, 5.74) is 3.34. The molecule has 1 saturated heterocycles. The Balaban J connectivity index is 1.69. The van der Waals surface area contributed by atoms with E-state index < -0.39 is 59.5 Å². The molecule has 0 bridgehead atoms. The molecule has 0 saturated carbocycles. The number of aliphatic carboxylic acids is 1. The Labute approximate surface area is 271 Å². The lowest BCUT2D eigenvalue weighted by Gasteiger charge is -2.45. The average Bonchev–Trinajstić information content (AvgIpc) is 3.03. The van der Waals surface area contributed by atoms with E-state index in [2.05, 4.69) is 9.97 Å². The van der Waals surface area contributed by atoms with Gasteiger partial charge in [-0.1, -0.05) is 6.92 Å². The van der Waals surface area contributed by atoms with E-state index in [1.54, 1.807) is 13.0 Å². The molecule has 3 aromatic rings. The van der Waals surface area contributed by atoms with Gasteiger partial charge in [0.25, 0.3) is 0 Å². The number of alkyl halides is 6. The molecule has 2 aliphatic rings. The van der Waals surface area contributed by atoms with Crippen LogP contribution in [0.4, 0.5) is 42.5 Å². The summed E-state index contributed by atoms with van der Waals surface area (Å²) in [7, 11) is 1.36. The number of carboxylic acid groups (broad SMARTS) is 2. The Morgan fingerprint density at radius 2 is 1.62 bits per heavy atom. The van der Waals surface area contributed by atoms with Crippen LogP contribution in [0.3, 0.4) is 0 Å². The minimum absolute atomic E-state index is 0.0593. The van der Waals surface area contributed by atoms with E-state index in [1.165, 1.54) is 25.4 Å². The van der Waals surface area contributed by atoms with E-state index in [0.717, 1.165) is 4.90 Å². The highest BCUT2D eigenvalue weighted by atomic mass is 19.4. The van der Waals surface area contributed by atoms with Crippen molar-refractivity contribution >= 4 is 23.4 Å². The second-order valence-corrected chi connectivity index (χ2v) is 12.0. The van der Waals surface area contributed by atoms with Crippen molar-refractivity contribution < 1.29 is 50.9 Å². The van der Waals surface area contributed by atoms with Crippen molar-refractivity contribution in [1.29, 1.82) is 0 Å². The third-order valence-electron chi connectivity index (χ3n) is 9.03. The molecule has 258 valence electrons. The van der Waals surface area contributed by atoms with Gasteiger partial charge >= 0.3 is 24.4 Å². The van der Waals surface area contributed by atoms with Crippen LogP contribution in [-0.2, 0) is 23.6 Å². The van der Waals surface area contributed by atoms with Crippen molar-refractivity contribution in [2.24, 2.45) is 11.7 Å². The monoisotopic (exact) mass is 681 g/mol. The summed E-state index contributed by atoms with van der Waals surface area (Å²) in [5.74, 6) is -2.19. The first-order valence-corrected chi connectivity index (χ1v) is 15.1. The summed E-state index contributed by atoms with van der Waals surface area (Å²) in [5, 5.41) is 19.6. The molecular formula is C32H33F6N5O5. The molecule has 16 heteroatoms. The maximum absolute atomic E-state index is 13.8. The zero-order chi connectivity index (χ0) is 35.2. The molecule has 0 unspecified atom stereocenters. The zero-order valence-corrected chi connectivity index (χ0v) is 25.9. The molecule has 2 aromatic heterocycles. The summed E-state index contributed by atoms with van der Waals surface area (Å²) in [6.07, 6.45) is -9.63. The van der Waals surface area contributed by atoms with Gasteiger partial charge in [-0.25, -0.2) is 9.78 Å². The number of carbonyl (C=O) groups is 2. The molecule has 2 atom stereocenters. The van der Waals surface area contributed by atoms with Gasteiger partial charge in [0.05, 0.1) is 53.1 Å². The first-order chi connectivity index (χ1) is 22.4. The average molecular weight is 682 g/mol. The van der Waals surface area contributed by atoms with E-state index >= 15 is 0 Å². The van der Waals surface area contributed by atoms with E-state index in [-0.39, 0.29) is 53.0 Å². The zero-order valence-electron chi connectivity index (χ0n) is 25.9. The number of benzene rings is 1. The molecule has 10 nitrogen and oxygen atoms in total. The summed E-state index contributed by atoms with van der Waals surface area (Å²) in [6, 6.07) is 5.92. The molecule has 2 aliphatic heterocycles. The van der Waals surface area contributed by atoms with Crippen LogP contribution in [0, 0.1) is 5.92 Å². The molecule has 4 heterocycles. The van der Waals surface area contributed by atoms with E-state index in [9.17, 15) is 46.1 Å². The molecular weight excluding hydrogens is 648 g/mol. The number of rotatable bonds is 7. The van der Waals surface area contributed by atoms with Gasteiger partial charge in [0.15, 0.2) is 0 Å². The lowest BCUT2D eigenvalue weighted by molar-refractivity contribution is -0.144. The van der Waals surface area contributed by atoms with Gasteiger partial charge in [0.1, 0.15) is 5.66 Å². The molecule has 0 aliphatic carbocycles. The SMILES string of the molecule is CC[C@]1(N)C[C@@H](c2ncc(N3CCC(C(=O)O)CC3)cc2Cc2cc(C(F)(F)F)cc(C(F)(F)F)c2)c2nc(OC)ccc2N1C(=O)O. The second-order valence-electron chi connectivity index (χ2n) is 12.0. The number of hydrogen-bond donors (Lipinski definition) is 3. The summed E-state index contributed by atoms with van der Waals surface area (Å²) in [4.78, 5) is 36.0. The minimum Gasteiger partial charge on any atom is -0.481 e. The van der Waals surface area contributed by atoms with Crippen LogP contribution in [-0.4, -0.2) is 58.1 Å². The fraction of sp³-hybridized carbons (Fsp3) is 0.438. The van der Waals surface area contributed by atoms with Gasteiger partial charge in [-0.15, -0.1) is 0 Å². The van der Waals surface area contributed by atoms with Crippen molar-refractivity contribution in [3.8, 4) is 5.88 Å². The van der Waals surface area contributed by atoms with Gasteiger partial charge in [-0.05, 0) is 73.6 Å². The standard InChI is InChI=1S/C32H33F6N5O5/c1-3-30(39)15-23(27-24(43(30)29(46)47)4-5-25(41-27)48-2)26-19(13-22(16-40-26)42-8-6-18(7-9-42)28(44)45)10-17-11-20(31(33,34)35)14-21(12-17)32(36,37)38/h4-5,11-14,16,18,23H,3,6-10,15,39H2,1-2H3,(H,44,45)(H,46,47)/t23-,30+/m0/s1. The first kappa shape index (κ1) is 34.7. The fourth-order valence-electron chi connectivity index (χ4n) is 6.47. The van der Waals surface area contributed by atoms with Crippen LogP contribution in [0.2, 0.25) is 0 Å². The maximum atomic E-state index is 13.8. The topological polar surface area (TPSA) is 142 Å². The smallest absolute Gasteiger partial charge is 0.416 e. The van der Waals surface area contributed by atoms with Crippen LogP contribution in [0.5, 0.6) is 5.88 Å². The lowest BCUT2D eigenvalue weighted by atomic mass is 9.80. The van der Waals surface area contributed by atoms with E-state index in [1.807, 2.05) is 4.90 Å². The van der Waals surface area contributed by atoms with Crippen molar-refractivity contribution in [3.63, 3.8) is 0 Å². The van der Waals surface area contributed by atoms with Crippen LogP contribution in [0.15, 0.2) is 42.6 Å². The van der Waals surface area contributed by atoms with Gasteiger partial charge in [0, 0.05) is 25.1 Å². The Kier molecular flexibility index (Phi) is 9.25. The van der Waals surface area contributed by atoms with Crippen LogP contribution >= 0.6 is 0 Å². The van der Waals surface area contributed by atoms with Crippen LogP contribution < -0.4 is 20.3 Å². The number of aromatic nitrogens is 2.